The highest BCUT2D eigenvalue weighted by Crippen LogP contribution is 2.45. The van der Waals surface area contributed by atoms with Crippen molar-refractivity contribution in [2.75, 3.05) is 6.61 Å². The van der Waals surface area contributed by atoms with E-state index in [0.29, 0.717) is 38.8 Å². The first-order valence-electron chi connectivity index (χ1n) is 12.2. The summed E-state index contributed by atoms with van der Waals surface area (Å²) in [5.74, 6) is 0. The highest BCUT2D eigenvalue weighted by Gasteiger charge is 2.41. The minimum absolute atomic E-state index is 0.210. The molecule has 5 aromatic rings. The minimum atomic E-state index is -0.840. The Morgan fingerprint density at radius 1 is 0.946 bits per heavy atom. The number of ether oxygens (including phenoxy) is 1. The molecule has 0 radical (unpaired) electrons. The molecule has 0 saturated heterocycles. The predicted molar refractivity (Wildman–Crippen MR) is 142 cm³/mol. The number of nitrogens with zero attached hydrogens (tertiary/aromatic N) is 3. The summed E-state index contributed by atoms with van der Waals surface area (Å²) in [6, 6.07) is 15.0. The van der Waals surface area contributed by atoms with Crippen LogP contribution < -0.4 is 16.7 Å². The van der Waals surface area contributed by atoms with Gasteiger partial charge in [0, 0.05) is 14.1 Å². The van der Waals surface area contributed by atoms with Crippen molar-refractivity contribution in [2.45, 2.75) is 32.4 Å². The van der Waals surface area contributed by atoms with E-state index in [1.807, 2.05) is 51.1 Å². The van der Waals surface area contributed by atoms with Gasteiger partial charge in [0.05, 0.1) is 45.4 Å². The maximum atomic E-state index is 13.7. The summed E-state index contributed by atoms with van der Waals surface area (Å²) >= 11 is 0. The van der Waals surface area contributed by atoms with Crippen LogP contribution in [0.25, 0.3) is 33.1 Å². The molecular formula is C29H27N3O5. The zero-order chi connectivity index (χ0) is 26.2. The fourth-order valence-electron chi connectivity index (χ4n) is 5.49. The fraction of sp³-hybridized carbons (Fsp3) is 0.276. The number of aromatic nitrogens is 3. The second kappa shape index (κ2) is 7.91. The van der Waals surface area contributed by atoms with Gasteiger partial charge in [-0.3, -0.25) is 18.7 Å². The van der Waals surface area contributed by atoms with Crippen molar-refractivity contribution in [1.82, 2.24) is 13.7 Å². The summed E-state index contributed by atoms with van der Waals surface area (Å²) in [7, 11) is 3.13. The molecule has 8 heteroatoms. The van der Waals surface area contributed by atoms with E-state index in [-0.39, 0.29) is 12.0 Å². The Balaban J connectivity index is 1.81. The molecule has 0 bridgehead atoms. The Bertz CT molecular complexity index is 1900. The third-order valence-electron chi connectivity index (χ3n) is 7.38. The van der Waals surface area contributed by atoms with Crippen molar-refractivity contribution in [3.8, 4) is 11.3 Å². The van der Waals surface area contributed by atoms with Crippen molar-refractivity contribution in [3.63, 3.8) is 0 Å². The first-order chi connectivity index (χ1) is 17.6. The lowest BCUT2D eigenvalue weighted by atomic mass is 9.98. The molecule has 4 heterocycles. The average molecular weight is 498 g/mol. The Labute approximate surface area is 212 Å². The molecular weight excluding hydrogens is 470 g/mol. The van der Waals surface area contributed by atoms with E-state index in [2.05, 4.69) is 4.57 Å². The van der Waals surface area contributed by atoms with Crippen LogP contribution in [-0.4, -0.2) is 20.3 Å². The standard InChI is InChI=1S/C29H27N3O5/c1-16-10-12-17(13-11-16)22-21-23(30(4)28(35)31(5)27(21)34)24-26(37-15-29(2,3)32(22)24)19-14-36-20-9-7-6-8-18(20)25(19)33/h6-14,26H,15H2,1-5H3. The molecule has 1 aliphatic heterocycles. The van der Waals surface area contributed by atoms with Gasteiger partial charge in [0.15, 0.2) is 5.43 Å². The zero-order valence-corrected chi connectivity index (χ0v) is 21.4. The van der Waals surface area contributed by atoms with E-state index in [1.165, 1.54) is 17.9 Å². The Morgan fingerprint density at radius 3 is 2.38 bits per heavy atom. The molecule has 3 aromatic heterocycles. The van der Waals surface area contributed by atoms with Crippen LogP contribution in [0.15, 0.2) is 73.6 Å². The van der Waals surface area contributed by atoms with Crippen LogP contribution in [0.3, 0.4) is 0 Å². The van der Waals surface area contributed by atoms with Gasteiger partial charge >= 0.3 is 5.69 Å². The van der Waals surface area contributed by atoms with Crippen LogP contribution in [0.1, 0.15) is 36.8 Å². The lowest BCUT2D eigenvalue weighted by Gasteiger charge is -2.39. The zero-order valence-electron chi connectivity index (χ0n) is 21.4. The summed E-state index contributed by atoms with van der Waals surface area (Å²) in [6.07, 6.45) is 0.593. The molecule has 0 amide bonds. The second-order valence-electron chi connectivity index (χ2n) is 10.4. The fourth-order valence-corrected chi connectivity index (χ4v) is 5.49. The molecule has 188 valence electrons. The Morgan fingerprint density at radius 2 is 1.65 bits per heavy atom. The van der Waals surface area contributed by atoms with Crippen LogP contribution in [-0.2, 0) is 24.4 Å². The lowest BCUT2D eigenvalue weighted by molar-refractivity contribution is -0.00811. The summed E-state index contributed by atoms with van der Waals surface area (Å²) in [5.41, 5.74) is 2.84. The van der Waals surface area contributed by atoms with Gasteiger partial charge in [-0.05, 0) is 38.5 Å². The van der Waals surface area contributed by atoms with E-state index in [1.54, 1.807) is 25.2 Å². The molecule has 6 rings (SSSR count). The largest absolute Gasteiger partial charge is 0.464 e. The highest BCUT2D eigenvalue weighted by molar-refractivity contribution is 5.97. The average Bonchev–Trinajstić information content (AvgIpc) is 3.25. The Hall–Kier alpha value is -4.17. The third kappa shape index (κ3) is 3.22. The van der Waals surface area contributed by atoms with Gasteiger partial charge in [-0.2, -0.15) is 0 Å². The molecule has 1 unspecified atom stereocenters. The summed E-state index contributed by atoms with van der Waals surface area (Å²) in [6.45, 7) is 6.33. The number of fused-ring (bicyclic) bond motifs is 4. The molecule has 0 fully saturated rings. The maximum absolute atomic E-state index is 13.7. The number of hydrogen-bond donors (Lipinski definition) is 0. The number of rotatable bonds is 2. The second-order valence-corrected chi connectivity index (χ2v) is 10.4. The molecule has 1 aliphatic rings. The molecule has 2 aromatic carbocycles. The van der Waals surface area contributed by atoms with E-state index >= 15 is 0 Å². The van der Waals surface area contributed by atoms with Crippen molar-refractivity contribution in [2.24, 2.45) is 14.1 Å². The third-order valence-corrected chi connectivity index (χ3v) is 7.38. The van der Waals surface area contributed by atoms with Crippen LogP contribution in [0, 0.1) is 6.92 Å². The van der Waals surface area contributed by atoms with Crippen LogP contribution >= 0.6 is 0 Å². The molecule has 0 N–H and O–H groups in total. The normalized spacial score (nSPS) is 16.8. The van der Waals surface area contributed by atoms with Crippen LogP contribution in [0.4, 0.5) is 0 Å². The van der Waals surface area contributed by atoms with E-state index < -0.39 is 22.9 Å². The maximum Gasteiger partial charge on any atom is 0.331 e. The number of aryl methyl sites for hydroxylation is 2. The number of benzene rings is 2. The van der Waals surface area contributed by atoms with Gasteiger partial charge in [0.25, 0.3) is 5.56 Å². The number of para-hydroxylation sites is 1. The molecule has 0 aliphatic carbocycles. The summed E-state index contributed by atoms with van der Waals surface area (Å²) < 4.78 is 16.9. The smallest absolute Gasteiger partial charge is 0.331 e. The SMILES string of the molecule is Cc1ccc(-c2c3c(=O)n(C)c(=O)n(C)c3c3n2C(C)(C)COC3c2coc3ccccc3c2=O)cc1. The monoisotopic (exact) mass is 497 g/mol. The first kappa shape index (κ1) is 23.2. The van der Waals surface area contributed by atoms with Crippen molar-refractivity contribution in [3.05, 3.63) is 103 Å². The topological polar surface area (TPSA) is 88.4 Å². The summed E-state index contributed by atoms with van der Waals surface area (Å²) in [5, 5.41) is 0.858. The minimum Gasteiger partial charge on any atom is -0.464 e. The van der Waals surface area contributed by atoms with Crippen molar-refractivity contribution in [1.29, 1.82) is 0 Å². The van der Waals surface area contributed by atoms with Gasteiger partial charge in [-0.1, -0.05) is 42.0 Å². The van der Waals surface area contributed by atoms with Crippen molar-refractivity contribution < 1.29 is 9.15 Å². The first-order valence-corrected chi connectivity index (χ1v) is 12.2. The Kier molecular flexibility index (Phi) is 4.97. The van der Waals surface area contributed by atoms with E-state index in [4.69, 9.17) is 9.15 Å². The highest BCUT2D eigenvalue weighted by atomic mass is 16.5. The van der Waals surface area contributed by atoms with Crippen LogP contribution in [0.2, 0.25) is 0 Å². The lowest BCUT2D eigenvalue weighted by Crippen LogP contribution is -2.41. The van der Waals surface area contributed by atoms with Crippen LogP contribution in [0.5, 0.6) is 0 Å². The van der Waals surface area contributed by atoms with Gasteiger partial charge < -0.3 is 13.7 Å². The predicted octanol–water partition coefficient (Wildman–Crippen LogP) is 3.98. The summed E-state index contributed by atoms with van der Waals surface area (Å²) in [4.78, 5) is 40.5. The van der Waals surface area contributed by atoms with E-state index in [0.717, 1.165) is 15.7 Å². The van der Waals surface area contributed by atoms with Gasteiger partial charge in [-0.15, -0.1) is 0 Å². The number of hydrogen-bond acceptors (Lipinski definition) is 5. The molecule has 1 atom stereocenters. The quantitative estimate of drug-likeness (QED) is 0.368. The molecule has 8 nitrogen and oxygen atoms in total. The molecule has 37 heavy (non-hydrogen) atoms. The van der Waals surface area contributed by atoms with E-state index in [9.17, 15) is 14.4 Å². The van der Waals surface area contributed by atoms with Gasteiger partial charge in [-0.25, -0.2) is 4.79 Å². The van der Waals surface area contributed by atoms with Gasteiger partial charge in [0.1, 0.15) is 18.0 Å². The van der Waals surface area contributed by atoms with Crippen molar-refractivity contribution >= 4 is 21.9 Å². The molecule has 0 spiro atoms. The molecule has 0 saturated carbocycles. The van der Waals surface area contributed by atoms with Gasteiger partial charge in [0.2, 0.25) is 0 Å².